The number of hydrogen-bond donors (Lipinski definition) is 1. The lowest BCUT2D eigenvalue weighted by molar-refractivity contribution is 0.194. The topological polar surface area (TPSA) is 52.0 Å². The highest BCUT2D eigenvalue weighted by Crippen LogP contribution is 2.33. The molecular formula is C17H15ClN4OS. The first-order valence-electron chi connectivity index (χ1n) is 7.50. The molecule has 1 aromatic heterocycles. The Hall–Kier alpha value is -2.15. The van der Waals surface area contributed by atoms with Gasteiger partial charge in [-0.05, 0) is 31.2 Å². The molecule has 7 heteroatoms. The third-order valence-corrected chi connectivity index (χ3v) is 5.09. The second kappa shape index (κ2) is 6.05. The quantitative estimate of drug-likeness (QED) is 0.910. The number of anilines is 1. The van der Waals surface area contributed by atoms with Crippen LogP contribution in [0, 0.1) is 0 Å². The van der Waals surface area contributed by atoms with E-state index in [1.807, 2.05) is 54.3 Å². The van der Waals surface area contributed by atoms with Crippen molar-refractivity contribution >= 4 is 34.5 Å². The van der Waals surface area contributed by atoms with Crippen LogP contribution in [0.2, 0.25) is 4.47 Å². The van der Waals surface area contributed by atoms with E-state index >= 15 is 0 Å². The highest BCUT2D eigenvalue weighted by Gasteiger charge is 2.35. The molecule has 2 aromatic rings. The van der Waals surface area contributed by atoms with Crippen LogP contribution in [0.15, 0.2) is 65.1 Å². The van der Waals surface area contributed by atoms with Gasteiger partial charge in [-0.3, -0.25) is 4.90 Å². The number of aliphatic hydroxyl groups is 1. The zero-order chi connectivity index (χ0) is 16.7. The molecule has 0 aliphatic carbocycles. The largest absolute Gasteiger partial charge is 0.355 e. The van der Waals surface area contributed by atoms with E-state index in [1.165, 1.54) is 11.3 Å². The number of allylic oxidation sites excluding steroid dienone is 3. The minimum atomic E-state index is -0.930. The number of para-hydroxylation sites is 1. The number of hydrogen-bond acceptors (Lipinski definition) is 6. The van der Waals surface area contributed by atoms with Gasteiger partial charge in [0.1, 0.15) is 0 Å². The molecule has 0 saturated carbocycles. The maximum Gasteiger partial charge on any atom is 0.232 e. The molecule has 0 spiro atoms. The molecule has 1 aromatic carbocycles. The van der Waals surface area contributed by atoms with E-state index in [9.17, 15) is 5.11 Å². The lowest BCUT2D eigenvalue weighted by Crippen LogP contribution is -2.35. The molecule has 1 N–H and O–H groups in total. The molecule has 0 saturated heterocycles. The number of aromatic nitrogens is 1. The zero-order valence-corrected chi connectivity index (χ0v) is 14.5. The molecule has 3 heterocycles. The first kappa shape index (κ1) is 15.4. The van der Waals surface area contributed by atoms with Crippen LogP contribution in [0.3, 0.4) is 0 Å². The van der Waals surface area contributed by atoms with Crippen molar-refractivity contribution in [3.63, 3.8) is 0 Å². The number of aliphatic imine (C=N–C) groups is 1. The smallest absolute Gasteiger partial charge is 0.232 e. The minimum Gasteiger partial charge on any atom is -0.355 e. The Bertz CT molecular complexity index is 858. The van der Waals surface area contributed by atoms with Gasteiger partial charge >= 0.3 is 0 Å². The van der Waals surface area contributed by atoms with Crippen LogP contribution in [-0.2, 0) is 6.54 Å². The summed E-state index contributed by atoms with van der Waals surface area (Å²) in [6.07, 6.45) is 4.87. The third-order valence-electron chi connectivity index (χ3n) is 3.99. The molecule has 24 heavy (non-hydrogen) atoms. The molecule has 1 atom stereocenters. The summed E-state index contributed by atoms with van der Waals surface area (Å²) < 4.78 is 0.527. The molecule has 0 fully saturated rings. The van der Waals surface area contributed by atoms with Gasteiger partial charge in [0.25, 0.3) is 0 Å². The maximum absolute atomic E-state index is 10.5. The number of nitrogens with zero attached hydrogens (tertiary/aromatic N) is 4. The van der Waals surface area contributed by atoms with Gasteiger partial charge in [0.15, 0.2) is 10.3 Å². The van der Waals surface area contributed by atoms with E-state index in [-0.39, 0.29) is 0 Å². The Morgan fingerprint density at radius 3 is 2.75 bits per heavy atom. The predicted molar refractivity (Wildman–Crippen MR) is 96.9 cm³/mol. The molecule has 0 amide bonds. The first-order valence-corrected chi connectivity index (χ1v) is 8.70. The zero-order valence-electron chi connectivity index (χ0n) is 12.9. The van der Waals surface area contributed by atoms with Crippen LogP contribution in [0.25, 0.3) is 0 Å². The fourth-order valence-electron chi connectivity index (χ4n) is 2.86. The lowest BCUT2D eigenvalue weighted by atomic mass is 10.1. The van der Waals surface area contributed by atoms with Crippen molar-refractivity contribution < 1.29 is 5.11 Å². The molecule has 2 aliphatic rings. The number of amidine groups is 1. The van der Waals surface area contributed by atoms with Gasteiger partial charge in [-0.15, -0.1) is 11.3 Å². The number of halogens is 1. The normalized spacial score (nSPS) is 19.8. The van der Waals surface area contributed by atoms with Crippen LogP contribution in [0.4, 0.5) is 5.69 Å². The summed E-state index contributed by atoms with van der Waals surface area (Å²) in [6, 6.07) is 9.76. The van der Waals surface area contributed by atoms with Crippen LogP contribution in [0.1, 0.15) is 11.8 Å². The van der Waals surface area contributed by atoms with Gasteiger partial charge in [0, 0.05) is 22.5 Å². The van der Waals surface area contributed by atoms with Gasteiger partial charge in [0.2, 0.25) is 6.35 Å². The summed E-state index contributed by atoms with van der Waals surface area (Å²) >= 11 is 7.39. The van der Waals surface area contributed by atoms with Crippen molar-refractivity contribution in [2.45, 2.75) is 19.8 Å². The number of benzene rings is 1. The second-order valence-electron chi connectivity index (χ2n) is 5.53. The van der Waals surface area contributed by atoms with E-state index in [0.717, 1.165) is 27.8 Å². The van der Waals surface area contributed by atoms with Crippen molar-refractivity contribution in [3.05, 3.63) is 69.4 Å². The average Bonchev–Trinajstić information content (AvgIpc) is 3.13. The molecule has 0 bridgehead atoms. The minimum absolute atomic E-state index is 0.527. The fourth-order valence-corrected chi connectivity index (χ4v) is 3.82. The first-order chi connectivity index (χ1) is 11.6. The van der Waals surface area contributed by atoms with Crippen molar-refractivity contribution in [3.8, 4) is 0 Å². The monoisotopic (exact) mass is 358 g/mol. The third kappa shape index (κ3) is 2.62. The van der Waals surface area contributed by atoms with Gasteiger partial charge in [-0.25, -0.2) is 9.98 Å². The molecule has 0 radical (unpaired) electrons. The molecular weight excluding hydrogens is 344 g/mol. The fraction of sp³-hybridized carbons (Fsp3) is 0.176. The summed E-state index contributed by atoms with van der Waals surface area (Å²) in [6.45, 7) is 2.65. The Balaban J connectivity index is 1.68. The van der Waals surface area contributed by atoms with Crippen molar-refractivity contribution in [2.75, 3.05) is 4.90 Å². The van der Waals surface area contributed by atoms with Gasteiger partial charge < -0.3 is 10.0 Å². The van der Waals surface area contributed by atoms with Gasteiger partial charge in [0.05, 0.1) is 12.2 Å². The summed E-state index contributed by atoms with van der Waals surface area (Å²) in [4.78, 5) is 13.5. The van der Waals surface area contributed by atoms with Crippen molar-refractivity contribution in [1.29, 1.82) is 0 Å². The van der Waals surface area contributed by atoms with Crippen molar-refractivity contribution in [1.82, 2.24) is 9.88 Å². The van der Waals surface area contributed by atoms with Crippen LogP contribution in [0.5, 0.6) is 0 Å². The van der Waals surface area contributed by atoms with Crippen LogP contribution >= 0.6 is 22.9 Å². The van der Waals surface area contributed by atoms with E-state index in [0.29, 0.717) is 11.0 Å². The van der Waals surface area contributed by atoms with E-state index in [4.69, 9.17) is 11.6 Å². The standard InChI is InChI=1S/C17H15ClN4OS/c1-11-7-8-14-15(21(11)10-13-9-19-16(18)24-13)20-17(23)22(14)12-5-3-2-4-6-12/h2-9,17,23H,10H2,1H3. The molecule has 2 aliphatic heterocycles. The number of fused-ring (bicyclic) bond motifs is 1. The van der Waals surface area contributed by atoms with Gasteiger partial charge in [-0.1, -0.05) is 29.8 Å². The number of thiazole rings is 1. The molecule has 122 valence electrons. The Kier molecular flexibility index (Phi) is 3.88. The van der Waals surface area contributed by atoms with E-state index in [2.05, 4.69) is 14.9 Å². The SMILES string of the molecule is CC1=CC=C2C(=NC(O)N2c2ccccc2)N1Cc1cnc(Cl)s1. The summed E-state index contributed by atoms with van der Waals surface area (Å²) in [5.74, 6) is 0.760. The molecule has 5 nitrogen and oxygen atoms in total. The van der Waals surface area contributed by atoms with Crippen LogP contribution in [-0.4, -0.2) is 27.2 Å². The molecule has 4 rings (SSSR count). The highest BCUT2D eigenvalue weighted by atomic mass is 35.5. The number of rotatable bonds is 3. The maximum atomic E-state index is 10.5. The van der Waals surface area contributed by atoms with Crippen molar-refractivity contribution in [2.24, 2.45) is 4.99 Å². The van der Waals surface area contributed by atoms with Crippen LogP contribution < -0.4 is 4.90 Å². The Morgan fingerprint density at radius 1 is 1.25 bits per heavy atom. The lowest BCUT2D eigenvalue weighted by Gasteiger charge is -2.30. The predicted octanol–water partition coefficient (Wildman–Crippen LogP) is 3.59. The Morgan fingerprint density at radius 2 is 2.04 bits per heavy atom. The number of aliphatic hydroxyl groups excluding tert-OH is 1. The summed E-state index contributed by atoms with van der Waals surface area (Å²) in [7, 11) is 0. The Labute approximate surface area is 148 Å². The second-order valence-corrected chi connectivity index (χ2v) is 7.23. The highest BCUT2D eigenvalue weighted by molar-refractivity contribution is 7.15. The van der Waals surface area contributed by atoms with E-state index < -0.39 is 6.35 Å². The molecule has 1 unspecified atom stereocenters. The average molecular weight is 359 g/mol. The van der Waals surface area contributed by atoms with E-state index in [1.54, 1.807) is 6.20 Å². The van der Waals surface area contributed by atoms with Gasteiger partial charge in [-0.2, -0.15) is 0 Å². The summed E-state index contributed by atoms with van der Waals surface area (Å²) in [5.41, 5.74) is 2.85. The summed E-state index contributed by atoms with van der Waals surface area (Å²) in [5, 5.41) is 10.5.